The fourth-order valence-electron chi connectivity index (χ4n) is 2.25. The molecule has 4 nitrogen and oxygen atoms in total. The SMILES string of the molecule is CC(N)C1CCN(C(=O)c2ccc(C(F)(F)F)cn2)C1. The summed E-state index contributed by atoms with van der Waals surface area (Å²) in [6, 6.07) is 1.98. The molecule has 20 heavy (non-hydrogen) atoms. The highest BCUT2D eigenvalue weighted by molar-refractivity contribution is 5.92. The lowest BCUT2D eigenvalue weighted by atomic mass is 10.0. The molecule has 0 bridgehead atoms. The van der Waals surface area contributed by atoms with Gasteiger partial charge in [0.15, 0.2) is 0 Å². The van der Waals surface area contributed by atoms with Crippen LogP contribution in [0.1, 0.15) is 29.4 Å². The molecule has 110 valence electrons. The van der Waals surface area contributed by atoms with E-state index in [1.165, 1.54) is 0 Å². The lowest BCUT2D eigenvalue weighted by molar-refractivity contribution is -0.137. The first-order valence-corrected chi connectivity index (χ1v) is 6.37. The van der Waals surface area contributed by atoms with E-state index in [9.17, 15) is 18.0 Å². The number of rotatable bonds is 2. The summed E-state index contributed by atoms with van der Waals surface area (Å²) in [5.41, 5.74) is 4.96. The maximum Gasteiger partial charge on any atom is 0.417 e. The Labute approximate surface area is 114 Å². The van der Waals surface area contributed by atoms with E-state index in [2.05, 4.69) is 4.98 Å². The van der Waals surface area contributed by atoms with Gasteiger partial charge in [-0.3, -0.25) is 9.78 Å². The van der Waals surface area contributed by atoms with Crippen LogP contribution in [0.15, 0.2) is 18.3 Å². The molecule has 2 heterocycles. The molecule has 2 unspecified atom stereocenters. The standard InChI is InChI=1S/C13H16F3N3O/c1-8(17)9-4-5-19(7-9)12(20)11-3-2-10(6-18-11)13(14,15)16/h2-3,6,8-9H,4-5,7,17H2,1H3. The molecule has 2 rings (SSSR count). The Morgan fingerprint density at radius 2 is 2.20 bits per heavy atom. The van der Waals surface area contributed by atoms with Crippen LogP contribution in [0.4, 0.5) is 13.2 Å². The number of nitrogens with two attached hydrogens (primary N) is 1. The summed E-state index contributed by atoms with van der Waals surface area (Å²) in [6.07, 6.45) is -2.95. The molecule has 0 spiro atoms. The third-order valence-electron chi connectivity index (χ3n) is 3.57. The maximum absolute atomic E-state index is 12.4. The zero-order chi connectivity index (χ0) is 14.9. The molecule has 1 aliphatic heterocycles. The first-order valence-electron chi connectivity index (χ1n) is 6.37. The van der Waals surface area contributed by atoms with Gasteiger partial charge in [-0.25, -0.2) is 0 Å². The molecule has 7 heteroatoms. The van der Waals surface area contributed by atoms with E-state index in [4.69, 9.17) is 5.73 Å². The maximum atomic E-state index is 12.4. The molecule has 0 aromatic carbocycles. The van der Waals surface area contributed by atoms with Gasteiger partial charge in [-0.1, -0.05) is 0 Å². The minimum atomic E-state index is -4.44. The van der Waals surface area contributed by atoms with Gasteiger partial charge < -0.3 is 10.6 Å². The van der Waals surface area contributed by atoms with Crippen molar-refractivity contribution in [2.45, 2.75) is 25.6 Å². The summed E-state index contributed by atoms with van der Waals surface area (Å²) in [5, 5.41) is 0. The Balaban J connectivity index is 2.07. The Hall–Kier alpha value is -1.63. The summed E-state index contributed by atoms with van der Waals surface area (Å²) >= 11 is 0. The van der Waals surface area contributed by atoms with Crippen LogP contribution in [0.25, 0.3) is 0 Å². The van der Waals surface area contributed by atoms with Crippen molar-refractivity contribution in [3.8, 4) is 0 Å². The van der Waals surface area contributed by atoms with Crippen LogP contribution in [0.2, 0.25) is 0 Å². The summed E-state index contributed by atoms with van der Waals surface area (Å²) in [4.78, 5) is 17.3. The largest absolute Gasteiger partial charge is 0.417 e. The second kappa shape index (κ2) is 5.40. The minimum absolute atomic E-state index is 0.00614. The van der Waals surface area contributed by atoms with E-state index in [0.29, 0.717) is 19.3 Å². The van der Waals surface area contributed by atoms with Crippen LogP contribution in [0.5, 0.6) is 0 Å². The van der Waals surface area contributed by atoms with Crippen molar-refractivity contribution < 1.29 is 18.0 Å². The van der Waals surface area contributed by atoms with Crippen molar-refractivity contribution in [2.75, 3.05) is 13.1 Å². The number of likely N-dealkylation sites (tertiary alicyclic amines) is 1. The molecule has 0 radical (unpaired) electrons. The number of nitrogens with zero attached hydrogens (tertiary/aromatic N) is 2. The Morgan fingerprint density at radius 1 is 1.50 bits per heavy atom. The monoisotopic (exact) mass is 287 g/mol. The Kier molecular flexibility index (Phi) is 3.99. The van der Waals surface area contributed by atoms with E-state index in [1.807, 2.05) is 6.92 Å². The lowest BCUT2D eigenvalue weighted by Gasteiger charge is -2.18. The van der Waals surface area contributed by atoms with E-state index in [1.54, 1.807) is 4.90 Å². The zero-order valence-electron chi connectivity index (χ0n) is 11.0. The van der Waals surface area contributed by atoms with Crippen molar-refractivity contribution in [3.05, 3.63) is 29.6 Å². The number of hydrogen-bond donors (Lipinski definition) is 1. The van der Waals surface area contributed by atoms with Gasteiger partial charge in [-0.2, -0.15) is 13.2 Å². The number of carbonyl (C=O) groups excluding carboxylic acids is 1. The van der Waals surface area contributed by atoms with Gasteiger partial charge in [0.25, 0.3) is 5.91 Å². The number of aromatic nitrogens is 1. The second-order valence-electron chi connectivity index (χ2n) is 5.09. The van der Waals surface area contributed by atoms with E-state index < -0.39 is 11.7 Å². The predicted molar refractivity (Wildman–Crippen MR) is 66.9 cm³/mol. The number of pyridine rings is 1. The van der Waals surface area contributed by atoms with Crippen molar-refractivity contribution in [1.29, 1.82) is 0 Å². The van der Waals surface area contributed by atoms with Crippen LogP contribution in [0.3, 0.4) is 0 Å². The third kappa shape index (κ3) is 3.09. The molecule has 1 amide bonds. The summed E-state index contributed by atoms with van der Waals surface area (Å²) in [5.74, 6) is -0.115. The highest BCUT2D eigenvalue weighted by Gasteiger charge is 2.32. The fraction of sp³-hybridized carbons (Fsp3) is 0.538. The number of alkyl halides is 3. The van der Waals surface area contributed by atoms with Crippen LogP contribution >= 0.6 is 0 Å². The van der Waals surface area contributed by atoms with Gasteiger partial charge in [0.2, 0.25) is 0 Å². The number of halogens is 3. The predicted octanol–water partition coefficient (Wildman–Crippen LogP) is 1.91. The molecule has 1 saturated heterocycles. The summed E-state index contributed by atoms with van der Waals surface area (Å²) in [6.45, 7) is 2.97. The number of amides is 1. The van der Waals surface area contributed by atoms with Gasteiger partial charge in [0.05, 0.1) is 5.56 Å². The Morgan fingerprint density at radius 3 is 2.65 bits per heavy atom. The molecule has 0 aliphatic carbocycles. The van der Waals surface area contributed by atoms with Gasteiger partial charge in [-0.15, -0.1) is 0 Å². The smallest absolute Gasteiger partial charge is 0.337 e. The highest BCUT2D eigenvalue weighted by Crippen LogP contribution is 2.28. The second-order valence-corrected chi connectivity index (χ2v) is 5.09. The van der Waals surface area contributed by atoms with Gasteiger partial charge >= 0.3 is 6.18 Å². The quantitative estimate of drug-likeness (QED) is 0.904. The topological polar surface area (TPSA) is 59.2 Å². The van der Waals surface area contributed by atoms with Crippen LogP contribution in [-0.4, -0.2) is 34.9 Å². The highest BCUT2D eigenvalue weighted by atomic mass is 19.4. The molecule has 0 saturated carbocycles. The van der Waals surface area contributed by atoms with Crippen molar-refractivity contribution >= 4 is 5.91 Å². The summed E-state index contributed by atoms with van der Waals surface area (Å²) in [7, 11) is 0. The van der Waals surface area contributed by atoms with Crippen LogP contribution in [-0.2, 0) is 6.18 Å². The van der Waals surface area contributed by atoms with E-state index >= 15 is 0 Å². The lowest BCUT2D eigenvalue weighted by Crippen LogP contribution is -2.33. The van der Waals surface area contributed by atoms with Crippen LogP contribution in [0, 0.1) is 5.92 Å². The average molecular weight is 287 g/mol. The van der Waals surface area contributed by atoms with Crippen molar-refractivity contribution in [3.63, 3.8) is 0 Å². The molecular weight excluding hydrogens is 271 g/mol. The third-order valence-corrected chi connectivity index (χ3v) is 3.57. The van der Waals surface area contributed by atoms with E-state index in [-0.39, 0.29) is 23.6 Å². The van der Waals surface area contributed by atoms with Gasteiger partial charge in [-0.05, 0) is 31.4 Å². The Bertz CT molecular complexity index is 485. The number of carbonyl (C=O) groups is 1. The van der Waals surface area contributed by atoms with E-state index in [0.717, 1.165) is 18.6 Å². The molecular formula is C13H16F3N3O. The van der Waals surface area contributed by atoms with Crippen molar-refractivity contribution in [1.82, 2.24) is 9.88 Å². The molecule has 1 aliphatic rings. The van der Waals surface area contributed by atoms with Gasteiger partial charge in [0.1, 0.15) is 5.69 Å². The first kappa shape index (κ1) is 14.8. The molecule has 1 aromatic heterocycles. The van der Waals surface area contributed by atoms with Crippen molar-refractivity contribution in [2.24, 2.45) is 11.7 Å². The fourth-order valence-corrected chi connectivity index (χ4v) is 2.25. The summed E-state index contributed by atoms with van der Waals surface area (Å²) < 4.78 is 37.2. The molecule has 1 fully saturated rings. The van der Waals surface area contributed by atoms with Gasteiger partial charge in [0, 0.05) is 25.3 Å². The molecule has 1 aromatic rings. The first-order chi connectivity index (χ1) is 9.29. The molecule has 2 N–H and O–H groups in total. The van der Waals surface area contributed by atoms with Crippen LogP contribution < -0.4 is 5.73 Å². The zero-order valence-corrected chi connectivity index (χ0v) is 11.0. The molecule has 2 atom stereocenters. The average Bonchev–Trinajstić information content (AvgIpc) is 2.86. The minimum Gasteiger partial charge on any atom is -0.337 e. The normalized spacial score (nSPS) is 21.1. The number of hydrogen-bond acceptors (Lipinski definition) is 3.